The Balaban J connectivity index is 2.10. The van der Waals surface area contributed by atoms with Crippen LogP contribution in [0.15, 0.2) is 12.1 Å². The van der Waals surface area contributed by atoms with Crippen molar-refractivity contribution in [1.82, 2.24) is 0 Å². The Morgan fingerprint density at radius 1 is 1.60 bits per heavy atom. The van der Waals surface area contributed by atoms with Crippen LogP contribution in [0.2, 0.25) is 0 Å². The normalized spacial score (nSPS) is 22.5. The van der Waals surface area contributed by atoms with E-state index in [1.165, 1.54) is 5.00 Å². The summed E-state index contributed by atoms with van der Waals surface area (Å²) in [5.74, 6) is 0. The predicted molar refractivity (Wildman–Crippen MR) is 62.0 cm³/mol. The van der Waals surface area contributed by atoms with Gasteiger partial charge in [0, 0.05) is 19.7 Å². The second-order valence-electron chi connectivity index (χ2n) is 3.77. The van der Waals surface area contributed by atoms with E-state index in [1.54, 1.807) is 11.3 Å². The van der Waals surface area contributed by atoms with Crippen LogP contribution < -0.4 is 4.90 Å². The average Bonchev–Trinajstić information content (AvgIpc) is 2.61. The van der Waals surface area contributed by atoms with Crippen LogP contribution >= 0.6 is 11.3 Å². The highest BCUT2D eigenvalue weighted by Gasteiger charge is 2.16. The Labute approximate surface area is 93.7 Å². The summed E-state index contributed by atoms with van der Waals surface area (Å²) in [6.07, 6.45) is 2.24. The molecule has 15 heavy (non-hydrogen) atoms. The summed E-state index contributed by atoms with van der Waals surface area (Å²) in [5.41, 5.74) is 0. The molecule has 4 heteroatoms. The first-order valence-corrected chi connectivity index (χ1v) is 6.03. The molecule has 1 saturated heterocycles. The Kier molecular flexibility index (Phi) is 3.38. The molecule has 0 aliphatic carbocycles. The zero-order chi connectivity index (χ0) is 10.7. The molecule has 1 fully saturated rings. The molecule has 1 atom stereocenters. The summed E-state index contributed by atoms with van der Waals surface area (Å²) in [5, 5.41) is 1.18. The maximum Gasteiger partial charge on any atom is 0.160 e. The Morgan fingerprint density at radius 3 is 3.20 bits per heavy atom. The van der Waals surface area contributed by atoms with E-state index in [0.29, 0.717) is 0 Å². The van der Waals surface area contributed by atoms with Gasteiger partial charge in [-0.25, -0.2) is 0 Å². The Hall–Kier alpha value is -0.870. The van der Waals surface area contributed by atoms with Crippen molar-refractivity contribution in [3.63, 3.8) is 0 Å². The Morgan fingerprint density at radius 2 is 2.47 bits per heavy atom. The monoisotopic (exact) mass is 225 g/mol. The largest absolute Gasteiger partial charge is 0.377 e. The van der Waals surface area contributed by atoms with Crippen LogP contribution in [0.3, 0.4) is 0 Å². The van der Waals surface area contributed by atoms with E-state index in [2.05, 4.69) is 11.8 Å². The maximum absolute atomic E-state index is 10.6. The molecule has 2 rings (SSSR count). The van der Waals surface area contributed by atoms with Gasteiger partial charge in [0.25, 0.3) is 0 Å². The SMILES string of the molecule is CC1CN(c2ccc(C=O)s2)CCCO1. The first-order valence-electron chi connectivity index (χ1n) is 5.21. The van der Waals surface area contributed by atoms with Gasteiger partial charge in [-0.3, -0.25) is 4.79 Å². The first kappa shape index (κ1) is 10.6. The number of hydrogen-bond donors (Lipinski definition) is 0. The lowest BCUT2D eigenvalue weighted by Crippen LogP contribution is -2.29. The van der Waals surface area contributed by atoms with E-state index >= 15 is 0 Å². The van der Waals surface area contributed by atoms with E-state index < -0.39 is 0 Å². The number of thiophene rings is 1. The smallest absolute Gasteiger partial charge is 0.160 e. The van der Waals surface area contributed by atoms with Crippen molar-refractivity contribution in [1.29, 1.82) is 0 Å². The van der Waals surface area contributed by atoms with Gasteiger partial charge in [0.15, 0.2) is 6.29 Å². The lowest BCUT2D eigenvalue weighted by atomic mass is 10.3. The van der Waals surface area contributed by atoms with E-state index in [-0.39, 0.29) is 6.10 Å². The van der Waals surface area contributed by atoms with Gasteiger partial charge in [0.2, 0.25) is 0 Å². The molecule has 0 N–H and O–H groups in total. The van der Waals surface area contributed by atoms with Crippen molar-refractivity contribution in [3.8, 4) is 0 Å². The van der Waals surface area contributed by atoms with Crippen molar-refractivity contribution >= 4 is 22.6 Å². The summed E-state index contributed by atoms with van der Waals surface area (Å²) in [6, 6.07) is 3.90. The number of rotatable bonds is 2. The molecule has 1 aliphatic heterocycles. The lowest BCUT2D eigenvalue weighted by molar-refractivity contribution is 0.0821. The molecule has 3 nitrogen and oxygen atoms in total. The number of carbonyl (C=O) groups is 1. The quantitative estimate of drug-likeness (QED) is 0.722. The molecular formula is C11H15NO2S. The van der Waals surface area contributed by atoms with Gasteiger partial charge in [-0.05, 0) is 25.5 Å². The first-order chi connectivity index (χ1) is 7.29. The van der Waals surface area contributed by atoms with Crippen molar-refractivity contribution in [2.24, 2.45) is 0 Å². The third kappa shape index (κ3) is 2.58. The van der Waals surface area contributed by atoms with Crippen molar-refractivity contribution in [3.05, 3.63) is 17.0 Å². The zero-order valence-electron chi connectivity index (χ0n) is 8.81. The zero-order valence-corrected chi connectivity index (χ0v) is 9.63. The predicted octanol–water partition coefficient (Wildman–Crippen LogP) is 2.18. The molecule has 0 radical (unpaired) electrons. The molecule has 1 aromatic rings. The lowest BCUT2D eigenvalue weighted by Gasteiger charge is -2.22. The fourth-order valence-corrected chi connectivity index (χ4v) is 2.63. The summed E-state index contributed by atoms with van der Waals surface area (Å²) in [6.45, 7) is 4.86. The van der Waals surface area contributed by atoms with Gasteiger partial charge < -0.3 is 9.64 Å². The van der Waals surface area contributed by atoms with Crippen LogP contribution in [-0.4, -0.2) is 32.1 Å². The number of aldehydes is 1. The molecule has 0 spiro atoms. The second kappa shape index (κ2) is 4.77. The standard InChI is InChI=1S/C11H15NO2S/c1-9-7-12(5-2-6-14-9)11-4-3-10(8-13)15-11/h3-4,8-9H,2,5-7H2,1H3. The van der Waals surface area contributed by atoms with E-state index in [4.69, 9.17) is 4.74 Å². The van der Waals surface area contributed by atoms with Crippen LogP contribution in [0.25, 0.3) is 0 Å². The van der Waals surface area contributed by atoms with Crippen LogP contribution in [0.5, 0.6) is 0 Å². The molecular weight excluding hydrogens is 210 g/mol. The summed E-state index contributed by atoms with van der Waals surface area (Å²) < 4.78 is 5.58. The van der Waals surface area contributed by atoms with Crippen LogP contribution in [0.1, 0.15) is 23.0 Å². The molecule has 1 aliphatic rings. The van der Waals surface area contributed by atoms with Crippen LogP contribution in [-0.2, 0) is 4.74 Å². The van der Waals surface area contributed by atoms with E-state index in [0.717, 1.165) is 37.3 Å². The van der Waals surface area contributed by atoms with Crippen molar-refractivity contribution < 1.29 is 9.53 Å². The fraction of sp³-hybridized carbons (Fsp3) is 0.545. The average molecular weight is 225 g/mol. The highest BCUT2D eigenvalue weighted by Crippen LogP contribution is 2.26. The highest BCUT2D eigenvalue weighted by atomic mass is 32.1. The molecule has 1 unspecified atom stereocenters. The van der Waals surface area contributed by atoms with Crippen LogP contribution in [0.4, 0.5) is 5.00 Å². The number of nitrogens with zero attached hydrogens (tertiary/aromatic N) is 1. The van der Waals surface area contributed by atoms with Gasteiger partial charge in [0.05, 0.1) is 16.0 Å². The molecule has 82 valence electrons. The van der Waals surface area contributed by atoms with Gasteiger partial charge in [0.1, 0.15) is 0 Å². The molecule has 0 aromatic carbocycles. The van der Waals surface area contributed by atoms with Crippen LogP contribution in [0, 0.1) is 0 Å². The van der Waals surface area contributed by atoms with Gasteiger partial charge in [-0.2, -0.15) is 0 Å². The van der Waals surface area contributed by atoms with Crippen molar-refractivity contribution in [2.75, 3.05) is 24.6 Å². The van der Waals surface area contributed by atoms with Gasteiger partial charge >= 0.3 is 0 Å². The highest BCUT2D eigenvalue weighted by molar-refractivity contribution is 7.17. The number of ether oxygens (including phenoxy) is 1. The topological polar surface area (TPSA) is 29.5 Å². The third-order valence-corrected chi connectivity index (χ3v) is 3.56. The minimum Gasteiger partial charge on any atom is -0.377 e. The van der Waals surface area contributed by atoms with E-state index in [9.17, 15) is 4.79 Å². The summed E-state index contributed by atoms with van der Waals surface area (Å²) >= 11 is 1.55. The molecule has 1 aromatic heterocycles. The molecule has 0 amide bonds. The number of carbonyl (C=O) groups excluding carboxylic acids is 1. The maximum atomic E-state index is 10.6. The number of anilines is 1. The van der Waals surface area contributed by atoms with E-state index in [1.807, 2.05) is 12.1 Å². The van der Waals surface area contributed by atoms with Crippen molar-refractivity contribution in [2.45, 2.75) is 19.4 Å². The second-order valence-corrected chi connectivity index (χ2v) is 4.87. The Bertz CT molecular complexity index is 337. The van der Waals surface area contributed by atoms with Gasteiger partial charge in [-0.1, -0.05) is 0 Å². The summed E-state index contributed by atoms with van der Waals surface area (Å²) in [4.78, 5) is 13.7. The number of hydrogen-bond acceptors (Lipinski definition) is 4. The minimum atomic E-state index is 0.272. The minimum absolute atomic E-state index is 0.272. The fourth-order valence-electron chi connectivity index (χ4n) is 1.77. The molecule has 0 bridgehead atoms. The third-order valence-electron chi connectivity index (χ3n) is 2.49. The molecule has 2 heterocycles. The summed E-state index contributed by atoms with van der Waals surface area (Å²) in [7, 11) is 0. The van der Waals surface area contributed by atoms with Gasteiger partial charge in [-0.15, -0.1) is 11.3 Å². The molecule has 0 saturated carbocycles.